The predicted octanol–water partition coefficient (Wildman–Crippen LogP) is 4.02. The number of rotatable bonds is 7. The van der Waals surface area contributed by atoms with Crippen LogP contribution in [-0.4, -0.2) is 25.7 Å². The smallest absolute Gasteiger partial charge is 0.251 e. The first-order chi connectivity index (χ1) is 13.5. The normalized spacial score (nSPS) is 12.0. The lowest BCUT2D eigenvalue weighted by molar-refractivity contribution is 0.0934. The van der Waals surface area contributed by atoms with Gasteiger partial charge in [0.25, 0.3) is 5.91 Å². The molecule has 28 heavy (non-hydrogen) atoms. The Morgan fingerprint density at radius 2 is 1.93 bits per heavy atom. The van der Waals surface area contributed by atoms with Crippen molar-refractivity contribution < 1.29 is 4.79 Å². The zero-order chi connectivity index (χ0) is 20.1. The van der Waals surface area contributed by atoms with Gasteiger partial charge in [-0.3, -0.25) is 9.48 Å². The SMILES string of the molecule is CCCc1cnc(C)nc1-c1ccc(C(=O)NC(CC)c2ccnn2C)cc1. The molecule has 146 valence electrons. The summed E-state index contributed by atoms with van der Waals surface area (Å²) in [7, 11) is 1.89. The number of aromatic nitrogens is 4. The monoisotopic (exact) mass is 377 g/mol. The molecule has 1 N–H and O–H groups in total. The van der Waals surface area contributed by atoms with Crippen LogP contribution in [-0.2, 0) is 13.5 Å². The Balaban J connectivity index is 1.80. The Morgan fingerprint density at radius 1 is 1.18 bits per heavy atom. The first kappa shape index (κ1) is 19.7. The third-order valence-electron chi connectivity index (χ3n) is 4.85. The summed E-state index contributed by atoms with van der Waals surface area (Å²) in [6, 6.07) is 9.49. The fraction of sp³-hybridized carbons (Fsp3) is 0.364. The van der Waals surface area contributed by atoms with Gasteiger partial charge in [-0.05, 0) is 43.5 Å². The van der Waals surface area contributed by atoms with Crippen LogP contribution in [0.5, 0.6) is 0 Å². The van der Waals surface area contributed by atoms with Crippen LogP contribution in [0.3, 0.4) is 0 Å². The molecule has 0 aliphatic carbocycles. The van der Waals surface area contributed by atoms with Crippen molar-refractivity contribution in [2.45, 2.75) is 46.1 Å². The topological polar surface area (TPSA) is 72.7 Å². The number of hydrogen-bond donors (Lipinski definition) is 1. The van der Waals surface area contributed by atoms with Gasteiger partial charge < -0.3 is 5.32 Å². The Labute approximate surface area is 166 Å². The lowest BCUT2D eigenvalue weighted by Gasteiger charge is -2.17. The van der Waals surface area contributed by atoms with Gasteiger partial charge in [-0.2, -0.15) is 5.10 Å². The van der Waals surface area contributed by atoms with Gasteiger partial charge in [0.1, 0.15) is 5.82 Å². The second kappa shape index (κ2) is 8.78. The van der Waals surface area contributed by atoms with Crippen molar-refractivity contribution in [2.75, 3.05) is 0 Å². The van der Waals surface area contributed by atoms with E-state index in [0.29, 0.717) is 5.56 Å². The number of carbonyl (C=O) groups excluding carboxylic acids is 1. The van der Waals surface area contributed by atoms with E-state index in [0.717, 1.165) is 47.6 Å². The Bertz CT molecular complexity index is 946. The number of benzene rings is 1. The van der Waals surface area contributed by atoms with Crippen LogP contribution in [0, 0.1) is 6.92 Å². The van der Waals surface area contributed by atoms with Crippen LogP contribution >= 0.6 is 0 Å². The van der Waals surface area contributed by atoms with Gasteiger partial charge in [-0.1, -0.05) is 32.4 Å². The predicted molar refractivity (Wildman–Crippen MR) is 110 cm³/mol. The molecular formula is C22H27N5O. The molecule has 0 aliphatic rings. The third-order valence-corrected chi connectivity index (χ3v) is 4.85. The number of nitrogens with zero attached hydrogens (tertiary/aromatic N) is 4. The summed E-state index contributed by atoms with van der Waals surface area (Å²) in [5.74, 6) is 0.658. The fourth-order valence-electron chi connectivity index (χ4n) is 3.33. The van der Waals surface area contributed by atoms with Crippen molar-refractivity contribution in [3.8, 4) is 11.3 Å². The van der Waals surface area contributed by atoms with E-state index in [9.17, 15) is 4.79 Å². The maximum atomic E-state index is 12.7. The molecule has 0 bridgehead atoms. The molecular weight excluding hydrogens is 350 g/mol. The summed E-state index contributed by atoms with van der Waals surface area (Å²) in [6.45, 7) is 6.08. The van der Waals surface area contributed by atoms with E-state index < -0.39 is 0 Å². The second-order valence-electron chi connectivity index (χ2n) is 6.93. The van der Waals surface area contributed by atoms with Crippen LogP contribution in [0.25, 0.3) is 11.3 Å². The largest absolute Gasteiger partial charge is 0.344 e. The summed E-state index contributed by atoms with van der Waals surface area (Å²) in [5, 5.41) is 7.30. The number of nitrogens with one attached hydrogen (secondary N) is 1. The number of aryl methyl sites for hydroxylation is 3. The molecule has 2 heterocycles. The van der Waals surface area contributed by atoms with E-state index in [1.54, 1.807) is 10.9 Å². The van der Waals surface area contributed by atoms with Crippen molar-refractivity contribution in [1.29, 1.82) is 0 Å². The van der Waals surface area contributed by atoms with Crippen molar-refractivity contribution >= 4 is 5.91 Å². The maximum Gasteiger partial charge on any atom is 0.251 e. The molecule has 1 atom stereocenters. The molecule has 0 saturated heterocycles. The quantitative estimate of drug-likeness (QED) is 0.675. The molecule has 6 heteroatoms. The van der Waals surface area contributed by atoms with Gasteiger partial charge in [-0.25, -0.2) is 9.97 Å². The van der Waals surface area contributed by atoms with Crippen LogP contribution in [0.15, 0.2) is 42.7 Å². The standard InChI is InChI=1S/C22H27N5O/c1-5-7-18-14-23-15(3)25-21(18)16-8-10-17(11-9-16)22(28)26-19(6-2)20-12-13-24-27(20)4/h8-14,19H,5-7H2,1-4H3,(H,26,28). The van der Waals surface area contributed by atoms with E-state index in [2.05, 4.69) is 27.3 Å². The van der Waals surface area contributed by atoms with E-state index in [1.165, 1.54) is 0 Å². The highest BCUT2D eigenvalue weighted by atomic mass is 16.1. The van der Waals surface area contributed by atoms with Gasteiger partial charge in [-0.15, -0.1) is 0 Å². The molecule has 3 aromatic rings. The molecule has 2 aromatic heterocycles. The highest BCUT2D eigenvalue weighted by Gasteiger charge is 2.17. The maximum absolute atomic E-state index is 12.7. The summed E-state index contributed by atoms with van der Waals surface area (Å²) in [6.07, 6.45) is 6.41. The summed E-state index contributed by atoms with van der Waals surface area (Å²) >= 11 is 0. The lowest BCUT2D eigenvalue weighted by atomic mass is 10.0. The molecule has 0 aliphatic heterocycles. The second-order valence-corrected chi connectivity index (χ2v) is 6.93. The first-order valence-corrected chi connectivity index (χ1v) is 9.75. The van der Waals surface area contributed by atoms with Gasteiger partial charge in [0.05, 0.1) is 17.4 Å². The van der Waals surface area contributed by atoms with Crippen LogP contribution in [0.4, 0.5) is 0 Å². The van der Waals surface area contributed by atoms with Gasteiger partial charge in [0.2, 0.25) is 0 Å². The highest BCUT2D eigenvalue weighted by molar-refractivity contribution is 5.94. The molecule has 0 saturated carbocycles. The van der Waals surface area contributed by atoms with Crippen molar-refractivity contribution in [2.24, 2.45) is 7.05 Å². The molecule has 1 aromatic carbocycles. The molecule has 1 amide bonds. The highest BCUT2D eigenvalue weighted by Crippen LogP contribution is 2.23. The van der Waals surface area contributed by atoms with E-state index in [1.807, 2.05) is 57.4 Å². The molecule has 0 radical (unpaired) electrons. The van der Waals surface area contributed by atoms with E-state index >= 15 is 0 Å². The van der Waals surface area contributed by atoms with E-state index in [-0.39, 0.29) is 11.9 Å². The zero-order valence-electron chi connectivity index (χ0n) is 16.9. The first-order valence-electron chi connectivity index (χ1n) is 9.75. The minimum atomic E-state index is -0.0905. The van der Waals surface area contributed by atoms with Crippen molar-refractivity contribution in [3.63, 3.8) is 0 Å². The van der Waals surface area contributed by atoms with Crippen LogP contribution < -0.4 is 5.32 Å². The average molecular weight is 377 g/mol. The van der Waals surface area contributed by atoms with E-state index in [4.69, 9.17) is 0 Å². The number of carbonyl (C=O) groups is 1. The van der Waals surface area contributed by atoms with Gasteiger partial charge in [0, 0.05) is 30.6 Å². The summed E-state index contributed by atoms with van der Waals surface area (Å²) < 4.78 is 1.80. The number of hydrogen-bond acceptors (Lipinski definition) is 4. The molecule has 3 rings (SSSR count). The molecule has 6 nitrogen and oxygen atoms in total. The van der Waals surface area contributed by atoms with Crippen LogP contribution in [0.1, 0.15) is 60.2 Å². The third kappa shape index (κ3) is 4.27. The van der Waals surface area contributed by atoms with Gasteiger partial charge >= 0.3 is 0 Å². The molecule has 1 unspecified atom stereocenters. The van der Waals surface area contributed by atoms with Crippen LogP contribution in [0.2, 0.25) is 0 Å². The Kier molecular flexibility index (Phi) is 6.19. The number of amides is 1. The molecule has 0 spiro atoms. The van der Waals surface area contributed by atoms with Crippen molar-refractivity contribution in [3.05, 3.63) is 65.4 Å². The summed E-state index contributed by atoms with van der Waals surface area (Å²) in [5.41, 5.74) is 4.71. The molecule has 0 fully saturated rings. The minimum Gasteiger partial charge on any atom is -0.344 e. The average Bonchev–Trinajstić information content (AvgIpc) is 3.13. The Morgan fingerprint density at radius 3 is 2.54 bits per heavy atom. The summed E-state index contributed by atoms with van der Waals surface area (Å²) in [4.78, 5) is 21.7. The Hall–Kier alpha value is -3.02. The van der Waals surface area contributed by atoms with Gasteiger partial charge in [0.15, 0.2) is 0 Å². The lowest BCUT2D eigenvalue weighted by Crippen LogP contribution is -2.29. The fourth-order valence-corrected chi connectivity index (χ4v) is 3.33. The zero-order valence-corrected chi connectivity index (χ0v) is 16.9. The minimum absolute atomic E-state index is 0.0691. The van der Waals surface area contributed by atoms with Crippen molar-refractivity contribution in [1.82, 2.24) is 25.1 Å².